The van der Waals surface area contributed by atoms with Gasteiger partial charge >= 0.3 is 5.97 Å². The SMILES string of the molecule is Cc1cc(C)c(S(=O)(=O)N[C@H](CO)C(=O)O)c(C)c1. The molecule has 0 aliphatic carbocycles. The summed E-state index contributed by atoms with van der Waals surface area (Å²) in [6.07, 6.45) is 0. The first-order chi connectivity index (χ1) is 8.69. The quantitative estimate of drug-likeness (QED) is 0.724. The molecule has 0 saturated carbocycles. The first-order valence-corrected chi connectivity index (χ1v) is 7.11. The van der Waals surface area contributed by atoms with Gasteiger partial charge < -0.3 is 10.2 Å². The maximum atomic E-state index is 12.2. The van der Waals surface area contributed by atoms with Crippen LogP contribution in [0.1, 0.15) is 16.7 Å². The lowest BCUT2D eigenvalue weighted by atomic mass is 10.1. The summed E-state index contributed by atoms with van der Waals surface area (Å²) in [6.45, 7) is 4.32. The number of sulfonamides is 1. The third-order valence-electron chi connectivity index (χ3n) is 2.65. The number of rotatable bonds is 5. The normalized spacial score (nSPS) is 13.3. The van der Waals surface area contributed by atoms with Crippen molar-refractivity contribution in [3.05, 3.63) is 28.8 Å². The standard InChI is InChI=1S/C12H17NO5S/c1-7-4-8(2)11(9(3)5-7)19(17,18)13-10(6-14)12(15)16/h4-5,10,13-14H,6H2,1-3H3,(H,15,16)/t10-/m1/s1. The summed E-state index contributed by atoms with van der Waals surface area (Å²) in [7, 11) is -3.99. The number of aliphatic hydroxyl groups is 1. The van der Waals surface area contributed by atoms with Gasteiger partial charge in [-0.2, -0.15) is 4.72 Å². The van der Waals surface area contributed by atoms with Gasteiger partial charge in [0.05, 0.1) is 11.5 Å². The minimum atomic E-state index is -3.99. The van der Waals surface area contributed by atoms with Crippen LogP contribution in [-0.2, 0) is 14.8 Å². The van der Waals surface area contributed by atoms with Crippen LogP contribution < -0.4 is 4.72 Å². The van der Waals surface area contributed by atoms with E-state index in [-0.39, 0.29) is 4.90 Å². The molecule has 0 fully saturated rings. The van der Waals surface area contributed by atoms with Crippen molar-refractivity contribution in [1.82, 2.24) is 4.72 Å². The average Bonchev–Trinajstić information content (AvgIpc) is 2.23. The van der Waals surface area contributed by atoms with E-state index in [1.807, 2.05) is 11.6 Å². The highest BCUT2D eigenvalue weighted by atomic mass is 32.2. The molecule has 19 heavy (non-hydrogen) atoms. The highest BCUT2D eigenvalue weighted by Crippen LogP contribution is 2.21. The number of nitrogens with one attached hydrogen (secondary N) is 1. The average molecular weight is 287 g/mol. The fraction of sp³-hybridized carbons (Fsp3) is 0.417. The molecule has 0 spiro atoms. The number of carbonyl (C=O) groups is 1. The van der Waals surface area contributed by atoms with Crippen LogP contribution in [0.2, 0.25) is 0 Å². The molecule has 0 saturated heterocycles. The molecule has 1 aromatic rings. The van der Waals surface area contributed by atoms with Crippen molar-refractivity contribution in [3.63, 3.8) is 0 Å². The first-order valence-electron chi connectivity index (χ1n) is 5.63. The number of hydrogen-bond donors (Lipinski definition) is 3. The molecule has 1 rings (SSSR count). The minimum absolute atomic E-state index is 0.0535. The van der Waals surface area contributed by atoms with Gasteiger partial charge in [-0.05, 0) is 31.9 Å². The summed E-state index contributed by atoms with van der Waals surface area (Å²) in [5.74, 6) is -1.42. The van der Waals surface area contributed by atoms with Crippen molar-refractivity contribution < 1.29 is 23.4 Å². The summed E-state index contributed by atoms with van der Waals surface area (Å²) in [5, 5.41) is 17.7. The van der Waals surface area contributed by atoms with Crippen LogP contribution in [-0.4, -0.2) is 37.2 Å². The van der Waals surface area contributed by atoms with Gasteiger partial charge in [-0.3, -0.25) is 4.79 Å². The van der Waals surface area contributed by atoms with Gasteiger partial charge in [0.25, 0.3) is 0 Å². The monoisotopic (exact) mass is 287 g/mol. The molecule has 1 atom stereocenters. The van der Waals surface area contributed by atoms with Crippen molar-refractivity contribution in [2.24, 2.45) is 0 Å². The largest absolute Gasteiger partial charge is 0.480 e. The Bertz CT molecular complexity index is 571. The molecule has 0 aliphatic heterocycles. The second-order valence-corrected chi connectivity index (χ2v) is 6.07. The van der Waals surface area contributed by atoms with E-state index in [0.29, 0.717) is 11.1 Å². The second kappa shape index (κ2) is 5.68. The van der Waals surface area contributed by atoms with Crippen molar-refractivity contribution in [2.75, 3.05) is 6.61 Å². The molecule has 6 nitrogen and oxygen atoms in total. The van der Waals surface area contributed by atoms with E-state index in [4.69, 9.17) is 10.2 Å². The molecule has 0 radical (unpaired) electrons. The van der Waals surface area contributed by atoms with E-state index in [1.165, 1.54) is 0 Å². The third-order valence-corrected chi connectivity index (χ3v) is 4.43. The van der Waals surface area contributed by atoms with Crippen molar-refractivity contribution in [3.8, 4) is 0 Å². The summed E-state index contributed by atoms with van der Waals surface area (Å²) >= 11 is 0. The lowest BCUT2D eigenvalue weighted by Crippen LogP contribution is -2.43. The van der Waals surface area contributed by atoms with Crippen LogP contribution in [0.3, 0.4) is 0 Å². The molecular formula is C12H17NO5S. The van der Waals surface area contributed by atoms with Crippen LogP contribution in [0.5, 0.6) is 0 Å². The van der Waals surface area contributed by atoms with Gasteiger partial charge in [-0.25, -0.2) is 8.42 Å². The van der Waals surface area contributed by atoms with E-state index in [2.05, 4.69) is 0 Å². The van der Waals surface area contributed by atoms with E-state index < -0.39 is 28.6 Å². The maximum Gasteiger partial charge on any atom is 0.324 e. The first kappa shape index (κ1) is 15.6. The Hall–Kier alpha value is -1.44. The van der Waals surface area contributed by atoms with E-state index in [9.17, 15) is 13.2 Å². The number of aryl methyl sites for hydroxylation is 3. The molecular weight excluding hydrogens is 270 g/mol. The highest BCUT2D eigenvalue weighted by molar-refractivity contribution is 7.89. The molecule has 0 heterocycles. The van der Waals surface area contributed by atoms with Gasteiger partial charge in [0.15, 0.2) is 0 Å². The Kier molecular flexibility index (Phi) is 4.67. The van der Waals surface area contributed by atoms with E-state index in [0.717, 1.165) is 5.56 Å². The molecule has 3 N–H and O–H groups in total. The molecule has 0 aromatic heterocycles. The Labute approximate surface area is 112 Å². The van der Waals surface area contributed by atoms with Gasteiger partial charge in [0.2, 0.25) is 10.0 Å². The van der Waals surface area contributed by atoms with Gasteiger partial charge in [-0.15, -0.1) is 0 Å². The molecule has 7 heteroatoms. The molecule has 0 unspecified atom stereocenters. The number of carboxylic acids is 1. The van der Waals surface area contributed by atoms with Crippen LogP contribution in [0.15, 0.2) is 17.0 Å². The molecule has 1 aromatic carbocycles. The highest BCUT2D eigenvalue weighted by Gasteiger charge is 2.27. The fourth-order valence-electron chi connectivity index (χ4n) is 2.00. The second-order valence-electron chi connectivity index (χ2n) is 4.42. The number of carboxylic acid groups (broad SMARTS) is 1. The molecule has 0 amide bonds. The van der Waals surface area contributed by atoms with Crippen molar-refractivity contribution in [2.45, 2.75) is 31.7 Å². The van der Waals surface area contributed by atoms with Gasteiger partial charge in [-0.1, -0.05) is 17.7 Å². The van der Waals surface area contributed by atoms with Crippen molar-refractivity contribution in [1.29, 1.82) is 0 Å². The predicted octanol–water partition coefficient (Wildman–Crippen LogP) is 0.336. The Morgan fingerprint density at radius 3 is 2.11 bits per heavy atom. The Morgan fingerprint density at radius 1 is 1.26 bits per heavy atom. The number of benzene rings is 1. The molecule has 0 bridgehead atoms. The number of hydrogen-bond acceptors (Lipinski definition) is 4. The zero-order valence-corrected chi connectivity index (χ0v) is 11.8. The Morgan fingerprint density at radius 2 is 1.74 bits per heavy atom. The maximum absolute atomic E-state index is 12.2. The third kappa shape index (κ3) is 3.52. The van der Waals surface area contributed by atoms with E-state index in [1.54, 1.807) is 26.0 Å². The van der Waals surface area contributed by atoms with Gasteiger partial charge in [0.1, 0.15) is 6.04 Å². The summed E-state index contributed by atoms with van der Waals surface area (Å²) in [5.41, 5.74) is 1.99. The van der Waals surface area contributed by atoms with Crippen LogP contribution in [0, 0.1) is 20.8 Å². The zero-order valence-electron chi connectivity index (χ0n) is 11.0. The summed E-state index contributed by atoms with van der Waals surface area (Å²) < 4.78 is 26.3. The lowest BCUT2D eigenvalue weighted by Gasteiger charge is -2.16. The smallest absolute Gasteiger partial charge is 0.324 e. The Balaban J connectivity index is 3.25. The van der Waals surface area contributed by atoms with Gasteiger partial charge in [0, 0.05) is 0 Å². The van der Waals surface area contributed by atoms with E-state index >= 15 is 0 Å². The zero-order chi connectivity index (χ0) is 14.8. The summed E-state index contributed by atoms with van der Waals surface area (Å²) in [4.78, 5) is 10.8. The molecule has 106 valence electrons. The summed E-state index contributed by atoms with van der Waals surface area (Å²) in [6, 6.07) is 1.86. The van der Waals surface area contributed by atoms with Crippen LogP contribution >= 0.6 is 0 Å². The molecule has 0 aliphatic rings. The predicted molar refractivity (Wildman–Crippen MR) is 69.5 cm³/mol. The number of aliphatic hydroxyl groups excluding tert-OH is 1. The van der Waals surface area contributed by atoms with Crippen LogP contribution in [0.4, 0.5) is 0 Å². The minimum Gasteiger partial charge on any atom is -0.480 e. The topological polar surface area (TPSA) is 104 Å². The fourth-order valence-corrected chi connectivity index (χ4v) is 3.64. The van der Waals surface area contributed by atoms with Crippen molar-refractivity contribution >= 4 is 16.0 Å². The van der Waals surface area contributed by atoms with Crippen LogP contribution in [0.25, 0.3) is 0 Å². The number of aliphatic carboxylic acids is 1. The lowest BCUT2D eigenvalue weighted by molar-refractivity contribution is -0.139.